The number of rotatable bonds is 2. The number of fused-ring (bicyclic) bond motifs is 1. The number of carbonyl (C=O) groups is 1. The molecule has 2 unspecified atom stereocenters. The maximum atomic E-state index is 14.0. The highest BCUT2D eigenvalue weighted by Gasteiger charge is 2.62. The predicted octanol–water partition coefficient (Wildman–Crippen LogP) is 3.35. The Kier molecular flexibility index (Phi) is 3.33. The number of hydrogen-bond donors (Lipinski definition) is 0. The van der Waals surface area contributed by atoms with Gasteiger partial charge in [0.25, 0.3) is 5.78 Å². The summed E-state index contributed by atoms with van der Waals surface area (Å²) in [5.74, 6) is -1.51. The Hall–Kier alpha value is -2.47. The fourth-order valence-corrected chi connectivity index (χ4v) is 2.67. The molecule has 0 fully saturated rings. The molecule has 0 saturated carbocycles. The maximum Gasteiger partial charge on any atom is 0.397 e. The number of alkyl halides is 1. The molecule has 2 atom stereocenters. The van der Waals surface area contributed by atoms with Crippen molar-refractivity contribution in [3.8, 4) is 5.75 Å². The molecule has 22 heavy (non-hydrogen) atoms. The summed E-state index contributed by atoms with van der Waals surface area (Å²) in [4.78, 5) is 20.4. The van der Waals surface area contributed by atoms with Crippen LogP contribution in [0.3, 0.4) is 0 Å². The molecule has 0 aromatic heterocycles. The molecule has 1 aliphatic rings. The summed E-state index contributed by atoms with van der Waals surface area (Å²) in [5, 5.41) is 11.4. The molecule has 5 nitrogen and oxygen atoms in total. The topological polar surface area (TPSA) is 69.4 Å². The van der Waals surface area contributed by atoms with Crippen LogP contribution in [0, 0.1) is 15.9 Å². The molecule has 7 heteroatoms. The van der Waals surface area contributed by atoms with Gasteiger partial charge in [0, 0.05) is 5.56 Å². The second-order valence-corrected chi connectivity index (χ2v) is 5.35. The molecule has 1 aliphatic heterocycles. The van der Waals surface area contributed by atoms with Gasteiger partial charge in [-0.25, -0.2) is 4.39 Å². The van der Waals surface area contributed by atoms with E-state index in [1.54, 1.807) is 12.1 Å². The van der Waals surface area contributed by atoms with E-state index < -0.39 is 27.6 Å². The Morgan fingerprint density at radius 1 is 1.18 bits per heavy atom. The van der Waals surface area contributed by atoms with Crippen molar-refractivity contribution in [1.29, 1.82) is 0 Å². The van der Waals surface area contributed by atoms with Crippen LogP contribution < -0.4 is 4.74 Å². The highest BCUT2D eigenvalue weighted by Crippen LogP contribution is 2.45. The Morgan fingerprint density at radius 3 is 2.50 bits per heavy atom. The molecular formula is C15H9ClFNO4. The summed E-state index contributed by atoms with van der Waals surface area (Å²) in [6, 6.07) is 11.4. The number of halogens is 2. The first-order valence-corrected chi connectivity index (χ1v) is 6.72. The average molecular weight is 322 g/mol. The van der Waals surface area contributed by atoms with E-state index in [-0.39, 0.29) is 16.9 Å². The van der Waals surface area contributed by atoms with Crippen LogP contribution in [-0.4, -0.2) is 15.7 Å². The third kappa shape index (κ3) is 1.95. The highest BCUT2D eigenvalue weighted by molar-refractivity contribution is 6.37. The fraction of sp³-hybridized carbons (Fsp3) is 0.133. The third-order valence-corrected chi connectivity index (χ3v) is 4.00. The minimum atomic E-state index is -2.61. The Labute approximate surface area is 129 Å². The smallest absolute Gasteiger partial charge is 0.397 e. The number of ketones is 1. The molecule has 0 N–H and O–H groups in total. The van der Waals surface area contributed by atoms with Crippen molar-refractivity contribution in [1.82, 2.24) is 0 Å². The van der Waals surface area contributed by atoms with Crippen LogP contribution in [0.2, 0.25) is 0 Å². The molecule has 0 radical (unpaired) electrons. The van der Waals surface area contributed by atoms with Gasteiger partial charge in [0.15, 0.2) is 0 Å². The van der Waals surface area contributed by atoms with Gasteiger partial charge in [0.1, 0.15) is 11.6 Å². The zero-order valence-corrected chi connectivity index (χ0v) is 11.8. The molecule has 2 aromatic carbocycles. The first-order valence-electron chi connectivity index (χ1n) is 6.34. The molecule has 3 rings (SSSR count). The Morgan fingerprint density at radius 2 is 1.82 bits per heavy atom. The van der Waals surface area contributed by atoms with E-state index in [9.17, 15) is 19.3 Å². The van der Waals surface area contributed by atoms with E-state index in [1.165, 1.54) is 30.3 Å². The summed E-state index contributed by atoms with van der Waals surface area (Å²) in [6.07, 6.45) is -1.56. The van der Waals surface area contributed by atoms with E-state index in [1.807, 2.05) is 0 Å². The van der Waals surface area contributed by atoms with Crippen molar-refractivity contribution >= 4 is 17.4 Å². The van der Waals surface area contributed by atoms with Gasteiger partial charge >= 0.3 is 5.00 Å². The summed E-state index contributed by atoms with van der Waals surface area (Å²) >= 11 is 6.02. The standard InChI is InChI=1S/C15H9ClFNO4/c16-15(18(20)21)13(19)10-6-2-4-8-12(10)22-14(15)9-5-1-3-7-11(9)17/h1-8,14H. The molecule has 112 valence electrons. The van der Waals surface area contributed by atoms with E-state index in [0.717, 1.165) is 6.07 Å². The minimum absolute atomic E-state index is 0.00166. The molecule has 1 heterocycles. The van der Waals surface area contributed by atoms with Gasteiger partial charge in [0.2, 0.25) is 6.10 Å². The van der Waals surface area contributed by atoms with Gasteiger partial charge in [-0.15, -0.1) is 0 Å². The lowest BCUT2D eigenvalue weighted by Crippen LogP contribution is -2.51. The lowest BCUT2D eigenvalue weighted by molar-refractivity contribution is -0.536. The summed E-state index contributed by atoms with van der Waals surface area (Å²) in [5.41, 5.74) is -0.140. The van der Waals surface area contributed by atoms with Crippen LogP contribution in [0.15, 0.2) is 48.5 Å². The number of para-hydroxylation sites is 1. The number of ether oxygens (including phenoxy) is 1. The van der Waals surface area contributed by atoms with Crippen LogP contribution in [0.4, 0.5) is 4.39 Å². The normalized spacial score (nSPS) is 23.5. The number of hydrogen-bond acceptors (Lipinski definition) is 4. The monoisotopic (exact) mass is 321 g/mol. The first-order chi connectivity index (χ1) is 10.5. The summed E-state index contributed by atoms with van der Waals surface area (Å²) in [6.45, 7) is 0. The number of nitrogens with zero attached hydrogens (tertiary/aromatic N) is 1. The maximum absolute atomic E-state index is 14.0. The second kappa shape index (κ2) is 5.06. The van der Waals surface area contributed by atoms with Crippen LogP contribution in [-0.2, 0) is 0 Å². The minimum Gasteiger partial charge on any atom is -0.475 e. The molecule has 2 aromatic rings. The third-order valence-electron chi connectivity index (χ3n) is 3.50. The van der Waals surface area contributed by atoms with Gasteiger partial charge in [0.05, 0.1) is 10.5 Å². The van der Waals surface area contributed by atoms with Crippen LogP contribution in [0.5, 0.6) is 5.75 Å². The van der Waals surface area contributed by atoms with Gasteiger partial charge in [-0.1, -0.05) is 30.3 Å². The lowest BCUT2D eigenvalue weighted by atomic mass is 9.91. The van der Waals surface area contributed by atoms with E-state index in [4.69, 9.17) is 16.3 Å². The van der Waals surface area contributed by atoms with Crippen LogP contribution in [0.1, 0.15) is 22.0 Å². The largest absolute Gasteiger partial charge is 0.475 e. The number of benzene rings is 2. The highest BCUT2D eigenvalue weighted by atomic mass is 35.5. The summed E-state index contributed by atoms with van der Waals surface area (Å²) < 4.78 is 19.5. The van der Waals surface area contributed by atoms with Crippen molar-refractivity contribution in [3.63, 3.8) is 0 Å². The van der Waals surface area contributed by atoms with Gasteiger partial charge in [-0.2, -0.15) is 0 Å². The quantitative estimate of drug-likeness (QED) is 0.368. The van der Waals surface area contributed by atoms with Crippen LogP contribution in [0.25, 0.3) is 0 Å². The zero-order valence-electron chi connectivity index (χ0n) is 11.0. The first kappa shape index (κ1) is 14.5. The average Bonchev–Trinajstić information content (AvgIpc) is 2.51. The second-order valence-electron chi connectivity index (χ2n) is 4.78. The van der Waals surface area contributed by atoms with Crippen molar-refractivity contribution in [2.24, 2.45) is 0 Å². The SMILES string of the molecule is O=C1c2ccccc2OC(c2ccccc2F)C1(Cl)[N+](=O)[O-]. The Bertz CT molecular complexity index is 782. The van der Waals surface area contributed by atoms with Gasteiger partial charge in [-0.05, 0) is 29.8 Å². The lowest BCUT2D eigenvalue weighted by Gasteiger charge is -2.32. The van der Waals surface area contributed by atoms with Gasteiger partial charge in [-0.3, -0.25) is 14.9 Å². The van der Waals surface area contributed by atoms with E-state index in [2.05, 4.69) is 0 Å². The van der Waals surface area contributed by atoms with E-state index >= 15 is 0 Å². The van der Waals surface area contributed by atoms with Crippen molar-refractivity contribution in [3.05, 3.63) is 75.6 Å². The number of Topliss-reactive ketones (excluding diaryl/α,β-unsaturated/α-hetero) is 1. The Balaban J connectivity index is 2.23. The molecule has 0 bridgehead atoms. The number of carbonyl (C=O) groups excluding carboxylic acids is 1. The predicted molar refractivity (Wildman–Crippen MR) is 76.1 cm³/mol. The van der Waals surface area contributed by atoms with Gasteiger partial charge < -0.3 is 4.74 Å². The van der Waals surface area contributed by atoms with Crippen LogP contribution >= 0.6 is 11.6 Å². The molecule has 0 saturated heterocycles. The van der Waals surface area contributed by atoms with Crippen molar-refractivity contribution in [2.45, 2.75) is 11.1 Å². The van der Waals surface area contributed by atoms with Crippen molar-refractivity contribution < 1.29 is 18.8 Å². The van der Waals surface area contributed by atoms with Crippen molar-refractivity contribution in [2.75, 3.05) is 0 Å². The molecular weight excluding hydrogens is 313 g/mol. The zero-order chi connectivity index (χ0) is 15.9. The van der Waals surface area contributed by atoms with E-state index in [0.29, 0.717) is 0 Å². The molecule has 0 amide bonds. The summed E-state index contributed by atoms with van der Waals surface area (Å²) in [7, 11) is 0. The fourth-order valence-electron chi connectivity index (χ4n) is 2.41. The molecule has 0 aliphatic carbocycles. The molecule has 0 spiro atoms. The number of nitro groups is 1.